The van der Waals surface area contributed by atoms with Crippen LogP contribution in [-0.4, -0.2) is 96.9 Å². The predicted molar refractivity (Wildman–Crippen MR) is 192 cm³/mol. The van der Waals surface area contributed by atoms with Gasteiger partial charge in [-0.3, -0.25) is 24.0 Å². The molecule has 3 heterocycles. The van der Waals surface area contributed by atoms with Crippen LogP contribution < -0.4 is 20.1 Å². The third kappa shape index (κ3) is 8.73. The summed E-state index contributed by atoms with van der Waals surface area (Å²) in [4.78, 5) is 71.4. The average molecular weight is 758 g/mol. The Hall–Kier alpha value is -4.34. The molecule has 1 saturated heterocycles. The largest absolute Gasteiger partial charge is 0.490 e. The van der Waals surface area contributed by atoms with Crippen molar-refractivity contribution < 1.29 is 46.6 Å². The highest BCUT2D eigenvalue weighted by atomic mass is 32.2. The van der Waals surface area contributed by atoms with Crippen LogP contribution >= 0.6 is 0 Å². The SMILES string of the molecule is CC[C@H]1C[C@@]1(NC(=O)C1C[C@@H]2CN1C(=O)[C@H](C(C)(C)C)NC(=O)OCCCC/C=C/COc1ccc3c(c1)CN(C3)C(=O)O2)C(=O)NS(=O)(=O)C1CC1. The van der Waals surface area contributed by atoms with Crippen molar-refractivity contribution in [1.29, 1.82) is 0 Å². The molecular formula is C37H51N5O10S. The summed E-state index contributed by atoms with van der Waals surface area (Å²) in [5.74, 6) is -1.71. The van der Waals surface area contributed by atoms with Crippen LogP contribution in [0.2, 0.25) is 0 Å². The molecule has 2 saturated carbocycles. The molecule has 3 aliphatic heterocycles. The van der Waals surface area contributed by atoms with Gasteiger partial charge in [0.05, 0.1) is 18.4 Å². The fourth-order valence-corrected chi connectivity index (χ4v) is 8.67. The Morgan fingerprint density at radius 2 is 1.79 bits per heavy atom. The van der Waals surface area contributed by atoms with E-state index in [-0.39, 0.29) is 31.9 Å². The second-order valence-electron chi connectivity index (χ2n) is 15.8. The third-order valence-electron chi connectivity index (χ3n) is 10.7. The van der Waals surface area contributed by atoms with Gasteiger partial charge in [-0.2, -0.15) is 0 Å². The quantitative estimate of drug-likeness (QED) is 0.364. The van der Waals surface area contributed by atoms with E-state index >= 15 is 0 Å². The number of hydrogen-bond acceptors (Lipinski definition) is 10. The van der Waals surface area contributed by atoms with Gasteiger partial charge in [0.1, 0.15) is 36.1 Å². The Balaban J connectivity index is 1.25. The summed E-state index contributed by atoms with van der Waals surface area (Å²) in [5.41, 5.74) is -0.419. The second kappa shape index (κ2) is 15.2. The third-order valence-corrected chi connectivity index (χ3v) is 12.5. The number of nitrogens with zero attached hydrogens (tertiary/aromatic N) is 2. The van der Waals surface area contributed by atoms with Gasteiger partial charge >= 0.3 is 12.2 Å². The van der Waals surface area contributed by atoms with Crippen molar-refractivity contribution in [3.05, 3.63) is 41.5 Å². The first-order valence-corrected chi connectivity index (χ1v) is 20.1. The van der Waals surface area contributed by atoms with Gasteiger partial charge in [-0.05, 0) is 73.1 Å². The molecule has 5 atom stereocenters. The predicted octanol–water partition coefficient (Wildman–Crippen LogP) is 3.26. The van der Waals surface area contributed by atoms with E-state index in [1.807, 2.05) is 37.3 Å². The Bertz CT molecular complexity index is 1760. The summed E-state index contributed by atoms with van der Waals surface area (Å²) >= 11 is 0. The molecular weight excluding hydrogens is 706 g/mol. The molecule has 3 fully saturated rings. The fourth-order valence-electron chi connectivity index (χ4n) is 7.31. The number of rotatable bonds is 6. The van der Waals surface area contributed by atoms with Crippen molar-refractivity contribution in [2.24, 2.45) is 11.3 Å². The number of nitrogens with one attached hydrogen (secondary N) is 3. The number of ether oxygens (including phenoxy) is 3. The van der Waals surface area contributed by atoms with Gasteiger partial charge in [0.15, 0.2) is 0 Å². The molecule has 5 aliphatic rings. The number of benzene rings is 1. The lowest BCUT2D eigenvalue weighted by Gasteiger charge is -2.35. The lowest BCUT2D eigenvalue weighted by molar-refractivity contribution is -0.143. The molecule has 16 heteroatoms. The Morgan fingerprint density at radius 1 is 1.04 bits per heavy atom. The van der Waals surface area contributed by atoms with Gasteiger partial charge in [-0.25, -0.2) is 18.0 Å². The molecule has 1 aromatic carbocycles. The van der Waals surface area contributed by atoms with Gasteiger partial charge < -0.3 is 29.7 Å². The number of hydrogen-bond donors (Lipinski definition) is 3. The van der Waals surface area contributed by atoms with Crippen molar-refractivity contribution in [1.82, 2.24) is 25.2 Å². The van der Waals surface area contributed by atoms with Crippen LogP contribution in [0, 0.1) is 11.3 Å². The molecule has 6 rings (SSSR count). The van der Waals surface area contributed by atoms with E-state index in [1.165, 1.54) is 9.80 Å². The summed E-state index contributed by atoms with van der Waals surface area (Å²) in [7, 11) is -3.88. The van der Waals surface area contributed by atoms with Crippen LogP contribution in [0.1, 0.15) is 90.2 Å². The Labute approximate surface area is 310 Å². The number of amides is 5. The lowest BCUT2D eigenvalue weighted by Crippen LogP contribution is -2.60. The van der Waals surface area contributed by atoms with E-state index in [9.17, 15) is 32.4 Å². The number of alkyl carbamates (subject to hydrolysis) is 1. The molecule has 3 N–H and O–H groups in total. The molecule has 5 amide bonds. The number of cyclic esters (lactones) is 1. The fraction of sp³-hybridized carbons (Fsp3) is 0.649. The van der Waals surface area contributed by atoms with E-state index in [2.05, 4.69) is 15.4 Å². The van der Waals surface area contributed by atoms with Crippen LogP contribution in [0.5, 0.6) is 5.75 Å². The summed E-state index contributed by atoms with van der Waals surface area (Å²) in [6.45, 7) is 8.13. The Kier molecular flexibility index (Phi) is 11.0. The summed E-state index contributed by atoms with van der Waals surface area (Å²) in [6, 6.07) is 3.35. The number of carbonyl (C=O) groups is 5. The number of sulfonamides is 1. The van der Waals surface area contributed by atoms with Crippen LogP contribution in [0.25, 0.3) is 0 Å². The molecule has 5 bridgehead atoms. The highest BCUT2D eigenvalue weighted by Gasteiger charge is 2.62. The van der Waals surface area contributed by atoms with Crippen molar-refractivity contribution in [3.63, 3.8) is 0 Å². The maximum Gasteiger partial charge on any atom is 0.410 e. The minimum Gasteiger partial charge on any atom is -0.490 e. The second-order valence-corrected chi connectivity index (χ2v) is 17.8. The molecule has 0 aromatic heterocycles. The Morgan fingerprint density at radius 3 is 2.49 bits per heavy atom. The smallest absolute Gasteiger partial charge is 0.410 e. The normalized spacial score (nSPS) is 29.0. The topological polar surface area (TPSA) is 190 Å². The van der Waals surface area contributed by atoms with E-state index in [1.54, 1.807) is 20.8 Å². The van der Waals surface area contributed by atoms with Gasteiger partial charge in [0, 0.05) is 19.5 Å². The molecule has 0 radical (unpaired) electrons. The van der Waals surface area contributed by atoms with Crippen LogP contribution in [0.15, 0.2) is 30.4 Å². The average Bonchev–Trinajstić information content (AvgIpc) is 3.99. The van der Waals surface area contributed by atoms with Crippen molar-refractivity contribution in [3.8, 4) is 5.75 Å². The molecule has 290 valence electrons. The first-order valence-electron chi connectivity index (χ1n) is 18.6. The zero-order chi connectivity index (χ0) is 38.1. The highest BCUT2D eigenvalue weighted by Crippen LogP contribution is 2.47. The van der Waals surface area contributed by atoms with E-state index < -0.39 is 74.3 Å². The van der Waals surface area contributed by atoms with E-state index in [0.29, 0.717) is 51.1 Å². The van der Waals surface area contributed by atoms with Crippen molar-refractivity contribution in [2.45, 2.75) is 121 Å². The van der Waals surface area contributed by atoms with E-state index in [0.717, 1.165) is 24.0 Å². The minimum absolute atomic E-state index is 0.0776. The molecule has 2 aliphatic carbocycles. The van der Waals surface area contributed by atoms with Gasteiger partial charge in [0.25, 0.3) is 5.91 Å². The first-order chi connectivity index (χ1) is 25.1. The van der Waals surface area contributed by atoms with Gasteiger partial charge in [0.2, 0.25) is 21.8 Å². The number of fused-ring (bicyclic) bond motifs is 4. The van der Waals surface area contributed by atoms with Crippen LogP contribution in [-0.2, 0) is 47.0 Å². The lowest BCUT2D eigenvalue weighted by atomic mass is 9.85. The summed E-state index contributed by atoms with van der Waals surface area (Å²) in [6.07, 6.45) is 5.35. The van der Waals surface area contributed by atoms with Crippen LogP contribution in [0.3, 0.4) is 0 Å². The first kappa shape index (κ1) is 38.4. The van der Waals surface area contributed by atoms with E-state index in [4.69, 9.17) is 14.2 Å². The molecule has 15 nitrogen and oxygen atoms in total. The van der Waals surface area contributed by atoms with Gasteiger partial charge in [-0.1, -0.05) is 52.3 Å². The van der Waals surface area contributed by atoms with Crippen molar-refractivity contribution in [2.75, 3.05) is 19.8 Å². The number of carbonyl (C=O) groups excluding carboxylic acids is 5. The van der Waals surface area contributed by atoms with Crippen LogP contribution in [0.4, 0.5) is 9.59 Å². The summed E-state index contributed by atoms with van der Waals surface area (Å²) in [5, 5.41) is 4.87. The van der Waals surface area contributed by atoms with Crippen molar-refractivity contribution >= 4 is 39.9 Å². The maximum atomic E-state index is 14.4. The number of allylic oxidation sites excluding steroid dienone is 1. The monoisotopic (exact) mass is 757 g/mol. The molecule has 1 aromatic rings. The zero-order valence-corrected chi connectivity index (χ0v) is 31.7. The molecule has 53 heavy (non-hydrogen) atoms. The maximum absolute atomic E-state index is 14.4. The zero-order valence-electron chi connectivity index (χ0n) is 30.9. The summed E-state index contributed by atoms with van der Waals surface area (Å²) < 4.78 is 44.8. The van der Waals surface area contributed by atoms with Gasteiger partial charge in [-0.15, -0.1) is 0 Å². The highest BCUT2D eigenvalue weighted by molar-refractivity contribution is 7.91. The standard InChI is InChI=1S/C37H51N5O10S/c1-5-25-19-37(25,33(45)40-53(48,49)28-13-14-28)39-31(43)29-18-27-22-42(29)32(44)30(36(2,3)4)38-34(46)51-16-10-8-6-7-9-15-50-26-12-11-23-20-41(35(47)52-27)21-24(23)17-26/h7,9,11-12,17,25,27-30H,5-6,8,10,13-16,18-22H2,1-4H3,(H,38,46)(H,39,43)(H,40,45)/b9-7+/t25-,27+,29?,30+,37-/m0/s1. The molecule has 1 unspecified atom stereocenters. The minimum atomic E-state index is -3.88. The molecule has 0 spiro atoms.